The highest BCUT2D eigenvalue weighted by Crippen LogP contribution is 2.33. The number of hydrogen-bond donors (Lipinski definition) is 1. The first-order valence-corrected chi connectivity index (χ1v) is 7.43. The highest BCUT2D eigenvalue weighted by Gasteiger charge is 2.30. The van der Waals surface area contributed by atoms with E-state index in [-0.39, 0.29) is 12.6 Å². The molecule has 0 spiro atoms. The fraction of sp³-hybridized carbons (Fsp3) is 0.500. The summed E-state index contributed by atoms with van der Waals surface area (Å²) in [7, 11) is 2.00. The summed E-state index contributed by atoms with van der Waals surface area (Å²) in [6, 6.07) is 8.01. The number of carboxylic acids is 1. The molecule has 0 bridgehead atoms. The van der Waals surface area contributed by atoms with Gasteiger partial charge in [-0.05, 0) is 37.8 Å². The molecule has 2 aromatic rings. The molecule has 1 aromatic carbocycles. The lowest BCUT2D eigenvalue weighted by Crippen LogP contribution is -2.35. The number of aromatic nitrogens is 2. The predicted molar refractivity (Wildman–Crippen MR) is 81.1 cm³/mol. The maximum atomic E-state index is 11.1. The smallest absolute Gasteiger partial charge is 0.317 e. The Labute approximate surface area is 124 Å². The molecule has 0 aliphatic heterocycles. The van der Waals surface area contributed by atoms with Crippen LogP contribution in [0.3, 0.4) is 0 Å². The largest absolute Gasteiger partial charge is 0.480 e. The van der Waals surface area contributed by atoms with Gasteiger partial charge in [0.25, 0.3) is 0 Å². The Hall–Kier alpha value is -1.88. The highest BCUT2D eigenvalue weighted by atomic mass is 16.4. The molecule has 0 amide bonds. The SMILES string of the molecule is CC(c1nc2ccccc2n1C)N(CC(=O)O)CC1CC1. The number of nitrogens with zero attached hydrogens (tertiary/aromatic N) is 3. The minimum absolute atomic E-state index is 0.000833. The maximum Gasteiger partial charge on any atom is 0.317 e. The predicted octanol–water partition coefficient (Wildman–Crippen LogP) is 2.43. The first-order valence-electron chi connectivity index (χ1n) is 7.43. The van der Waals surface area contributed by atoms with Gasteiger partial charge in [-0.15, -0.1) is 0 Å². The van der Waals surface area contributed by atoms with Crippen molar-refractivity contribution >= 4 is 17.0 Å². The number of imidazole rings is 1. The monoisotopic (exact) mass is 287 g/mol. The van der Waals surface area contributed by atoms with E-state index in [0.29, 0.717) is 5.92 Å². The Kier molecular flexibility index (Phi) is 3.68. The molecule has 1 unspecified atom stereocenters. The van der Waals surface area contributed by atoms with Gasteiger partial charge in [0.2, 0.25) is 0 Å². The van der Waals surface area contributed by atoms with Crippen LogP contribution in [0.2, 0.25) is 0 Å². The first-order chi connectivity index (χ1) is 10.1. The summed E-state index contributed by atoms with van der Waals surface area (Å²) in [5.41, 5.74) is 2.05. The topological polar surface area (TPSA) is 58.4 Å². The molecular weight excluding hydrogens is 266 g/mol. The standard InChI is InChI=1S/C16H21N3O2/c1-11(19(10-15(20)21)9-12-7-8-12)16-17-13-5-3-4-6-14(13)18(16)2/h3-6,11-12H,7-10H2,1-2H3,(H,20,21). The molecule has 0 saturated heterocycles. The van der Waals surface area contributed by atoms with Crippen LogP contribution in [0.5, 0.6) is 0 Å². The maximum absolute atomic E-state index is 11.1. The van der Waals surface area contributed by atoms with Crippen molar-refractivity contribution < 1.29 is 9.90 Å². The van der Waals surface area contributed by atoms with E-state index < -0.39 is 5.97 Å². The quantitative estimate of drug-likeness (QED) is 0.886. The van der Waals surface area contributed by atoms with Gasteiger partial charge in [-0.25, -0.2) is 4.98 Å². The van der Waals surface area contributed by atoms with Gasteiger partial charge in [0.15, 0.2) is 0 Å². The summed E-state index contributed by atoms with van der Waals surface area (Å²) in [4.78, 5) is 17.9. The number of rotatable bonds is 6. The molecule has 3 rings (SSSR count). The van der Waals surface area contributed by atoms with Crippen LogP contribution in [-0.4, -0.2) is 38.6 Å². The van der Waals surface area contributed by atoms with E-state index in [1.165, 1.54) is 12.8 Å². The fourth-order valence-electron chi connectivity index (χ4n) is 2.87. The lowest BCUT2D eigenvalue weighted by atomic mass is 10.2. The average molecular weight is 287 g/mol. The van der Waals surface area contributed by atoms with E-state index in [0.717, 1.165) is 23.4 Å². The van der Waals surface area contributed by atoms with E-state index in [1.54, 1.807) is 0 Å². The van der Waals surface area contributed by atoms with Crippen molar-refractivity contribution in [2.45, 2.75) is 25.8 Å². The van der Waals surface area contributed by atoms with Gasteiger partial charge in [-0.3, -0.25) is 9.69 Å². The summed E-state index contributed by atoms with van der Waals surface area (Å²) in [6.07, 6.45) is 2.43. The van der Waals surface area contributed by atoms with Crippen molar-refractivity contribution in [2.24, 2.45) is 13.0 Å². The van der Waals surface area contributed by atoms with Crippen LogP contribution in [-0.2, 0) is 11.8 Å². The van der Waals surface area contributed by atoms with Gasteiger partial charge in [-0.1, -0.05) is 12.1 Å². The highest BCUT2D eigenvalue weighted by molar-refractivity contribution is 5.76. The first kappa shape index (κ1) is 14.1. The van der Waals surface area contributed by atoms with Crippen molar-refractivity contribution in [2.75, 3.05) is 13.1 Å². The van der Waals surface area contributed by atoms with Crippen LogP contribution in [0, 0.1) is 5.92 Å². The molecule has 1 saturated carbocycles. The lowest BCUT2D eigenvalue weighted by Gasteiger charge is -2.27. The zero-order chi connectivity index (χ0) is 15.0. The van der Waals surface area contributed by atoms with Crippen LogP contribution in [0.4, 0.5) is 0 Å². The summed E-state index contributed by atoms with van der Waals surface area (Å²) < 4.78 is 2.07. The van der Waals surface area contributed by atoms with Crippen LogP contribution >= 0.6 is 0 Å². The number of para-hydroxylation sites is 2. The van der Waals surface area contributed by atoms with Crippen LogP contribution in [0.25, 0.3) is 11.0 Å². The molecule has 1 fully saturated rings. The van der Waals surface area contributed by atoms with Crippen molar-refractivity contribution in [3.63, 3.8) is 0 Å². The van der Waals surface area contributed by atoms with Gasteiger partial charge in [-0.2, -0.15) is 0 Å². The molecule has 1 aliphatic rings. The van der Waals surface area contributed by atoms with E-state index in [2.05, 4.69) is 4.57 Å². The Balaban J connectivity index is 1.90. The number of aliphatic carboxylic acids is 1. The lowest BCUT2D eigenvalue weighted by molar-refractivity contribution is -0.139. The third-order valence-electron chi connectivity index (χ3n) is 4.27. The second-order valence-electron chi connectivity index (χ2n) is 5.96. The minimum Gasteiger partial charge on any atom is -0.480 e. The number of hydrogen-bond acceptors (Lipinski definition) is 3. The third kappa shape index (κ3) is 2.93. The van der Waals surface area contributed by atoms with Crippen LogP contribution < -0.4 is 0 Å². The van der Waals surface area contributed by atoms with Crippen molar-refractivity contribution in [1.29, 1.82) is 0 Å². The summed E-state index contributed by atoms with van der Waals surface area (Å²) >= 11 is 0. The number of fused-ring (bicyclic) bond motifs is 1. The van der Waals surface area contributed by atoms with Gasteiger partial charge >= 0.3 is 5.97 Å². The fourth-order valence-corrected chi connectivity index (χ4v) is 2.87. The zero-order valence-corrected chi connectivity index (χ0v) is 12.5. The van der Waals surface area contributed by atoms with Gasteiger partial charge < -0.3 is 9.67 Å². The number of aryl methyl sites for hydroxylation is 1. The van der Waals surface area contributed by atoms with Gasteiger partial charge in [0.05, 0.1) is 23.6 Å². The van der Waals surface area contributed by atoms with Crippen LogP contribution in [0.1, 0.15) is 31.6 Å². The Morgan fingerprint density at radius 1 is 1.48 bits per heavy atom. The number of carboxylic acid groups (broad SMARTS) is 1. The van der Waals surface area contributed by atoms with Crippen molar-refractivity contribution in [1.82, 2.24) is 14.5 Å². The Morgan fingerprint density at radius 3 is 2.81 bits per heavy atom. The Bertz CT molecular complexity index is 661. The molecule has 5 heteroatoms. The molecule has 1 heterocycles. The van der Waals surface area contributed by atoms with Crippen LogP contribution in [0.15, 0.2) is 24.3 Å². The van der Waals surface area contributed by atoms with E-state index in [4.69, 9.17) is 10.1 Å². The molecule has 112 valence electrons. The summed E-state index contributed by atoms with van der Waals surface area (Å²) in [5.74, 6) is 0.806. The van der Waals surface area contributed by atoms with E-state index in [1.807, 2.05) is 43.1 Å². The zero-order valence-electron chi connectivity index (χ0n) is 12.5. The molecule has 5 nitrogen and oxygen atoms in total. The van der Waals surface area contributed by atoms with Gasteiger partial charge in [0.1, 0.15) is 5.82 Å². The second-order valence-corrected chi connectivity index (χ2v) is 5.96. The summed E-state index contributed by atoms with van der Waals surface area (Å²) in [6.45, 7) is 2.96. The molecule has 0 radical (unpaired) electrons. The molecule has 1 N–H and O–H groups in total. The van der Waals surface area contributed by atoms with Gasteiger partial charge in [0, 0.05) is 13.6 Å². The average Bonchev–Trinajstić information content (AvgIpc) is 3.20. The number of carbonyl (C=O) groups is 1. The molecule has 1 atom stereocenters. The van der Waals surface area contributed by atoms with E-state index >= 15 is 0 Å². The Morgan fingerprint density at radius 2 is 2.19 bits per heavy atom. The third-order valence-corrected chi connectivity index (χ3v) is 4.27. The van der Waals surface area contributed by atoms with Crippen molar-refractivity contribution in [3.05, 3.63) is 30.1 Å². The molecular formula is C16H21N3O2. The second kappa shape index (κ2) is 5.48. The molecule has 1 aromatic heterocycles. The normalized spacial score (nSPS) is 16.5. The molecule has 1 aliphatic carbocycles. The number of benzene rings is 1. The molecule has 21 heavy (non-hydrogen) atoms. The van der Waals surface area contributed by atoms with Crippen molar-refractivity contribution in [3.8, 4) is 0 Å². The summed E-state index contributed by atoms with van der Waals surface area (Å²) in [5, 5.41) is 9.15. The van der Waals surface area contributed by atoms with E-state index in [9.17, 15) is 4.79 Å². The minimum atomic E-state index is -0.777.